The van der Waals surface area contributed by atoms with Gasteiger partial charge in [0.15, 0.2) is 0 Å². The predicted octanol–water partition coefficient (Wildman–Crippen LogP) is 0.802. The maximum absolute atomic E-state index is 12.9. The lowest BCUT2D eigenvalue weighted by molar-refractivity contribution is -0.136. The molecule has 3 rings (SSSR count). The molecule has 0 unspecified atom stereocenters. The maximum Gasteiger partial charge on any atom is 0.236 e. The van der Waals surface area contributed by atoms with Gasteiger partial charge in [0.25, 0.3) is 0 Å². The fraction of sp³-hybridized carbons (Fsp3) is 0.588. The van der Waals surface area contributed by atoms with Crippen molar-refractivity contribution in [2.24, 2.45) is 0 Å². The SMILES string of the molecule is O=C(CN1CCN(Cc2ccc(F)cc2)CC1)N1CCOCC1. The van der Waals surface area contributed by atoms with Crippen molar-refractivity contribution in [1.82, 2.24) is 14.7 Å². The number of nitrogens with zero attached hydrogens (tertiary/aromatic N) is 3. The Morgan fingerprint density at radius 3 is 2.22 bits per heavy atom. The molecule has 0 N–H and O–H groups in total. The lowest BCUT2D eigenvalue weighted by atomic mass is 10.2. The molecule has 1 aromatic rings. The van der Waals surface area contributed by atoms with Crippen LogP contribution in [0, 0.1) is 5.82 Å². The monoisotopic (exact) mass is 321 g/mol. The van der Waals surface area contributed by atoms with Gasteiger partial charge in [0.05, 0.1) is 19.8 Å². The number of carbonyl (C=O) groups is 1. The number of hydrogen-bond acceptors (Lipinski definition) is 4. The van der Waals surface area contributed by atoms with Crippen molar-refractivity contribution in [3.8, 4) is 0 Å². The second-order valence-electron chi connectivity index (χ2n) is 6.17. The Kier molecular flexibility index (Phi) is 5.59. The van der Waals surface area contributed by atoms with Gasteiger partial charge in [-0.25, -0.2) is 4.39 Å². The molecule has 1 aromatic carbocycles. The average molecular weight is 321 g/mol. The van der Waals surface area contributed by atoms with Crippen molar-refractivity contribution in [3.63, 3.8) is 0 Å². The number of carbonyl (C=O) groups excluding carboxylic acids is 1. The van der Waals surface area contributed by atoms with E-state index in [1.165, 1.54) is 12.1 Å². The van der Waals surface area contributed by atoms with Crippen molar-refractivity contribution < 1.29 is 13.9 Å². The lowest BCUT2D eigenvalue weighted by Gasteiger charge is -2.36. The zero-order chi connectivity index (χ0) is 16.1. The van der Waals surface area contributed by atoms with Crippen LogP contribution in [-0.4, -0.2) is 79.6 Å². The molecule has 2 aliphatic rings. The highest BCUT2D eigenvalue weighted by molar-refractivity contribution is 5.78. The third-order valence-corrected chi connectivity index (χ3v) is 4.51. The van der Waals surface area contributed by atoms with Gasteiger partial charge in [0, 0.05) is 45.8 Å². The molecule has 0 spiro atoms. The maximum atomic E-state index is 12.9. The first-order chi connectivity index (χ1) is 11.2. The van der Waals surface area contributed by atoms with Crippen LogP contribution >= 0.6 is 0 Å². The summed E-state index contributed by atoms with van der Waals surface area (Å²) in [6.07, 6.45) is 0. The van der Waals surface area contributed by atoms with Crippen LogP contribution in [0.25, 0.3) is 0 Å². The molecular weight excluding hydrogens is 297 g/mol. The summed E-state index contributed by atoms with van der Waals surface area (Å²) in [5.41, 5.74) is 1.13. The molecule has 2 saturated heterocycles. The van der Waals surface area contributed by atoms with Gasteiger partial charge in [-0.15, -0.1) is 0 Å². The standard InChI is InChI=1S/C17H24FN3O2/c18-16-3-1-15(2-4-16)13-19-5-7-20(8-6-19)14-17(22)21-9-11-23-12-10-21/h1-4H,5-14H2. The normalized spacial score (nSPS) is 20.7. The summed E-state index contributed by atoms with van der Waals surface area (Å²) >= 11 is 0. The van der Waals surface area contributed by atoms with E-state index in [-0.39, 0.29) is 11.7 Å². The van der Waals surface area contributed by atoms with Gasteiger partial charge in [0.1, 0.15) is 5.82 Å². The van der Waals surface area contributed by atoms with Crippen molar-refractivity contribution in [1.29, 1.82) is 0 Å². The van der Waals surface area contributed by atoms with Crippen LogP contribution in [0.3, 0.4) is 0 Å². The Bertz CT molecular complexity index is 509. The molecule has 0 atom stereocenters. The molecule has 0 aromatic heterocycles. The van der Waals surface area contributed by atoms with E-state index in [1.807, 2.05) is 17.0 Å². The van der Waals surface area contributed by atoms with Crippen molar-refractivity contribution in [3.05, 3.63) is 35.6 Å². The Morgan fingerprint density at radius 2 is 1.57 bits per heavy atom. The first-order valence-corrected chi connectivity index (χ1v) is 8.25. The summed E-state index contributed by atoms with van der Waals surface area (Å²) in [6, 6.07) is 6.69. The number of amides is 1. The zero-order valence-electron chi connectivity index (χ0n) is 13.4. The minimum absolute atomic E-state index is 0.194. The first kappa shape index (κ1) is 16.4. The summed E-state index contributed by atoms with van der Waals surface area (Å²) in [5.74, 6) is 0.0143. The van der Waals surface area contributed by atoms with E-state index in [0.717, 1.165) is 38.3 Å². The van der Waals surface area contributed by atoms with Crippen LogP contribution in [0.5, 0.6) is 0 Å². The Hall–Kier alpha value is -1.50. The van der Waals surface area contributed by atoms with Gasteiger partial charge < -0.3 is 9.64 Å². The molecule has 1 amide bonds. The molecular formula is C17H24FN3O2. The van der Waals surface area contributed by atoms with E-state index in [0.29, 0.717) is 32.8 Å². The zero-order valence-corrected chi connectivity index (χ0v) is 13.4. The van der Waals surface area contributed by atoms with Crippen molar-refractivity contribution in [2.45, 2.75) is 6.54 Å². The van der Waals surface area contributed by atoms with Gasteiger partial charge in [-0.3, -0.25) is 14.6 Å². The van der Waals surface area contributed by atoms with Gasteiger partial charge in [0.2, 0.25) is 5.91 Å². The van der Waals surface area contributed by atoms with Crippen LogP contribution < -0.4 is 0 Å². The fourth-order valence-corrected chi connectivity index (χ4v) is 3.06. The first-order valence-electron chi connectivity index (χ1n) is 8.25. The highest BCUT2D eigenvalue weighted by Gasteiger charge is 2.22. The molecule has 126 valence electrons. The number of morpholine rings is 1. The molecule has 2 fully saturated rings. The summed E-state index contributed by atoms with van der Waals surface area (Å²) in [7, 11) is 0. The average Bonchev–Trinajstić information content (AvgIpc) is 2.59. The molecule has 6 heteroatoms. The molecule has 23 heavy (non-hydrogen) atoms. The number of piperazine rings is 1. The predicted molar refractivity (Wildman–Crippen MR) is 85.5 cm³/mol. The molecule has 0 bridgehead atoms. The highest BCUT2D eigenvalue weighted by Crippen LogP contribution is 2.10. The smallest absolute Gasteiger partial charge is 0.236 e. The number of hydrogen-bond donors (Lipinski definition) is 0. The van der Waals surface area contributed by atoms with Crippen LogP contribution in [0.4, 0.5) is 4.39 Å². The molecule has 5 nitrogen and oxygen atoms in total. The molecule has 2 aliphatic heterocycles. The van der Waals surface area contributed by atoms with E-state index < -0.39 is 0 Å². The summed E-state index contributed by atoms with van der Waals surface area (Å²) in [4.78, 5) is 18.7. The van der Waals surface area contributed by atoms with Gasteiger partial charge in [-0.05, 0) is 17.7 Å². The summed E-state index contributed by atoms with van der Waals surface area (Å²) < 4.78 is 18.2. The third-order valence-electron chi connectivity index (χ3n) is 4.51. The van der Waals surface area contributed by atoms with E-state index in [4.69, 9.17) is 4.74 Å². The van der Waals surface area contributed by atoms with E-state index >= 15 is 0 Å². The van der Waals surface area contributed by atoms with Crippen LogP contribution in [0.15, 0.2) is 24.3 Å². The minimum Gasteiger partial charge on any atom is -0.378 e. The third kappa shape index (κ3) is 4.73. The number of rotatable bonds is 4. The Morgan fingerprint density at radius 1 is 0.957 bits per heavy atom. The van der Waals surface area contributed by atoms with Crippen LogP contribution in [0.1, 0.15) is 5.56 Å². The lowest BCUT2D eigenvalue weighted by Crippen LogP contribution is -2.51. The molecule has 0 saturated carbocycles. The largest absolute Gasteiger partial charge is 0.378 e. The second-order valence-corrected chi connectivity index (χ2v) is 6.17. The Balaban J connectivity index is 1.41. The van der Waals surface area contributed by atoms with Crippen molar-refractivity contribution >= 4 is 5.91 Å². The van der Waals surface area contributed by atoms with Gasteiger partial charge in [-0.1, -0.05) is 12.1 Å². The number of halogens is 1. The van der Waals surface area contributed by atoms with E-state index in [2.05, 4.69) is 9.80 Å². The number of ether oxygens (including phenoxy) is 1. The highest BCUT2D eigenvalue weighted by atomic mass is 19.1. The van der Waals surface area contributed by atoms with Gasteiger partial charge in [-0.2, -0.15) is 0 Å². The molecule has 0 aliphatic carbocycles. The Labute approximate surface area is 136 Å². The quantitative estimate of drug-likeness (QED) is 0.822. The summed E-state index contributed by atoms with van der Waals surface area (Å²) in [6.45, 7) is 7.74. The summed E-state index contributed by atoms with van der Waals surface area (Å²) in [5, 5.41) is 0. The fourth-order valence-electron chi connectivity index (χ4n) is 3.06. The van der Waals surface area contributed by atoms with Crippen LogP contribution in [-0.2, 0) is 16.1 Å². The van der Waals surface area contributed by atoms with Gasteiger partial charge >= 0.3 is 0 Å². The minimum atomic E-state index is -0.194. The number of benzene rings is 1. The second kappa shape index (κ2) is 7.86. The molecule has 2 heterocycles. The van der Waals surface area contributed by atoms with E-state index in [1.54, 1.807) is 0 Å². The molecule has 0 radical (unpaired) electrons. The van der Waals surface area contributed by atoms with E-state index in [9.17, 15) is 9.18 Å². The van der Waals surface area contributed by atoms with Crippen molar-refractivity contribution in [2.75, 3.05) is 59.0 Å². The van der Waals surface area contributed by atoms with Crippen LogP contribution in [0.2, 0.25) is 0 Å². The topological polar surface area (TPSA) is 36.0 Å².